The molecule has 9 rings (SSSR count). The molecule has 0 aliphatic heterocycles. The van der Waals surface area contributed by atoms with Crippen LogP contribution in [-0.4, -0.2) is 104 Å². The minimum absolute atomic E-state index is 0.157. The van der Waals surface area contributed by atoms with E-state index in [1.165, 1.54) is 0 Å². The number of ether oxygens (including phenoxy) is 4. The number of anilines is 3. The van der Waals surface area contributed by atoms with Crippen molar-refractivity contribution in [3.8, 4) is 5.75 Å². The summed E-state index contributed by atoms with van der Waals surface area (Å²) in [6.07, 6.45) is -26.5. The molecule has 0 aliphatic carbocycles. The fourth-order valence-corrected chi connectivity index (χ4v) is 7.87. The maximum Gasteiger partial charge on any atom is 0.573 e. The van der Waals surface area contributed by atoms with Gasteiger partial charge in [0.05, 0.1) is 32.5 Å². The average molecular weight is 1400 g/mol. The van der Waals surface area contributed by atoms with Crippen LogP contribution in [0.15, 0.2) is 91.8 Å². The highest BCUT2D eigenvalue weighted by atomic mass is 35.5. The number of aromatic nitrogens is 12. The molecule has 6 heterocycles. The zero-order chi connectivity index (χ0) is 71.5. The van der Waals surface area contributed by atoms with Gasteiger partial charge in [0.15, 0.2) is 35.2 Å². The van der Waals surface area contributed by atoms with Gasteiger partial charge in [-0.25, -0.2) is 38.1 Å². The Morgan fingerprint density at radius 1 is 0.432 bits per heavy atom. The predicted molar refractivity (Wildman–Crippen MR) is 286 cm³/mol. The molecular weight excluding hydrogens is 1360 g/mol. The Labute approximate surface area is 522 Å². The first kappa shape index (κ1) is 75.5. The Hall–Kier alpha value is -10.2. The van der Waals surface area contributed by atoms with Crippen molar-refractivity contribution in [2.24, 2.45) is 0 Å². The summed E-state index contributed by atoms with van der Waals surface area (Å²) in [5, 5.41) is 17.7. The molecule has 9 aromatic rings. The molecular formula is C52H42ClF20N15O7. The standard InChI is InChI=1S/C16H10ClF6N5O2.C16H10F7N5O3.C16H10F7N5O2.2C2H6/c1-30-13(29)12(8-3-2-7(4-9(8)17)15(18,19)20)27-11-5-10(16(21,22)23)26-14-24-6-25-28(11)14;1-30-13(29)12(8-3-2-7(4-9(8)17)31-16(21,22)23)27-11-5-10(15(18,19)20)26-14-24-6-25-28(11)14;1-30-13(29)12(8-3-2-7(4-9(8)17)15(18,19)20)27-11-5-10(16(21,22)23)26-14-24-6-25-28(11)14;2*1-2/h2-6,12,27H,1H3;2-6,12,27H,1H3;2-6,12,27H,1H3;2*1-2H3. The van der Waals surface area contributed by atoms with Crippen molar-refractivity contribution in [2.45, 2.75) is 83.1 Å². The minimum atomic E-state index is -5.09. The van der Waals surface area contributed by atoms with Crippen LogP contribution in [0, 0.1) is 11.6 Å². The number of nitrogens with one attached hydrogen (secondary N) is 3. The van der Waals surface area contributed by atoms with Crippen LogP contribution in [0.1, 0.15) is 90.7 Å². The smallest absolute Gasteiger partial charge is 0.467 e. The van der Waals surface area contributed by atoms with Crippen LogP contribution in [0.3, 0.4) is 0 Å². The molecule has 95 heavy (non-hydrogen) atoms. The fraction of sp³-hybridized carbons (Fsp3) is 0.308. The number of carbonyl (C=O) groups excluding carboxylic acids is 3. The van der Waals surface area contributed by atoms with Crippen molar-refractivity contribution < 1.29 is 121 Å². The van der Waals surface area contributed by atoms with Crippen LogP contribution in [0.4, 0.5) is 105 Å². The Morgan fingerprint density at radius 3 is 1.02 bits per heavy atom. The van der Waals surface area contributed by atoms with Crippen LogP contribution >= 0.6 is 11.6 Å². The van der Waals surface area contributed by atoms with Gasteiger partial charge in [-0.2, -0.15) is 110 Å². The molecule has 0 amide bonds. The maximum atomic E-state index is 14.5. The number of benzene rings is 3. The van der Waals surface area contributed by atoms with Crippen LogP contribution < -0.4 is 20.7 Å². The number of halogens is 21. The van der Waals surface area contributed by atoms with E-state index in [-0.39, 0.29) is 17.4 Å². The lowest BCUT2D eigenvalue weighted by Crippen LogP contribution is -2.25. The number of nitrogens with zero attached hydrogens (tertiary/aromatic N) is 12. The van der Waals surface area contributed by atoms with Crippen molar-refractivity contribution in [2.75, 3.05) is 37.3 Å². The average Bonchev–Trinajstić information content (AvgIpc) is 1.78. The first-order valence-corrected chi connectivity index (χ1v) is 26.3. The minimum Gasteiger partial charge on any atom is -0.467 e. The van der Waals surface area contributed by atoms with Crippen LogP contribution in [0.2, 0.25) is 5.02 Å². The third-order valence-corrected chi connectivity index (χ3v) is 11.9. The summed E-state index contributed by atoms with van der Waals surface area (Å²) in [6, 6.07) is 1.85. The van der Waals surface area contributed by atoms with Gasteiger partial charge in [0.25, 0.3) is 17.3 Å². The van der Waals surface area contributed by atoms with Gasteiger partial charge in [0, 0.05) is 46.0 Å². The molecule has 6 aromatic heterocycles. The van der Waals surface area contributed by atoms with E-state index in [9.17, 15) is 102 Å². The molecule has 0 radical (unpaired) electrons. The highest BCUT2D eigenvalue weighted by Gasteiger charge is 2.40. The van der Waals surface area contributed by atoms with Crippen LogP contribution in [-0.2, 0) is 59.5 Å². The molecule has 0 spiro atoms. The molecule has 0 fully saturated rings. The number of rotatable bonds is 13. The van der Waals surface area contributed by atoms with Gasteiger partial charge in [-0.05, 0) is 36.4 Å². The van der Waals surface area contributed by atoms with Crippen molar-refractivity contribution in [1.82, 2.24) is 58.7 Å². The Morgan fingerprint density at radius 2 is 0.737 bits per heavy atom. The molecule has 3 N–H and O–H groups in total. The van der Waals surface area contributed by atoms with Crippen molar-refractivity contribution in [3.05, 3.63) is 153 Å². The fourth-order valence-electron chi connectivity index (χ4n) is 7.58. The molecule has 3 unspecified atom stereocenters. The van der Waals surface area contributed by atoms with Gasteiger partial charge in [-0.15, -0.1) is 13.2 Å². The lowest BCUT2D eigenvalue weighted by atomic mass is 10.0. The van der Waals surface area contributed by atoms with E-state index >= 15 is 0 Å². The van der Waals surface area contributed by atoms with Crippen molar-refractivity contribution in [3.63, 3.8) is 0 Å². The summed E-state index contributed by atoms with van der Waals surface area (Å²) in [4.78, 5) is 57.2. The number of carbonyl (C=O) groups is 3. The van der Waals surface area contributed by atoms with Crippen LogP contribution in [0.25, 0.3) is 17.3 Å². The van der Waals surface area contributed by atoms with Gasteiger partial charge in [0.2, 0.25) is 0 Å². The largest absolute Gasteiger partial charge is 0.573 e. The van der Waals surface area contributed by atoms with Crippen molar-refractivity contribution >= 4 is 64.3 Å². The molecule has 22 nitrogen and oxygen atoms in total. The molecule has 43 heteroatoms. The summed E-state index contributed by atoms with van der Waals surface area (Å²) in [5.41, 5.74) is -7.75. The summed E-state index contributed by atoms with van der Waals surface area (Å²) >= 11 is 5.92. The Balaban J connectivity index is 0.000000251. The van der Waals surface area contributed by atoms with E-state index < -0.39 is 164 Å². The number of hydrogen-bond donors (Lipinski definition) is 3. The third-order valence-electron chi connectivity index (χ3n) is 11.6. The van der Waals surface area contributed by atoms with E-state index in [1.807, 2.05) is 27.7 Å². The van der Waals surface area contributed by atoms with E-state index in [1.54, 1.807) is 0 Å². The number of alkyl halides is 18. The highest BCUT2D eigenvalue weighted by molar-refractivity contribution is 6.31. The first-order chi connectivity index (χ1) is 44.2. The molecule has 0 saturated carbocycles. The Bertz CT molecular complexity index is 3960. The normalized spacial score (nSPS) is 12.8. The third kappa shape index (κ3) is 19.0. The number of fused-ring (bicyclic) bond motifs is 3. The molecule has 3 aromatic carbocycles. The second-order valence-corrected chi connectivity index (χ2v) is 17.9. The molecule has 514 valence electrons. The first-order valence-electron chi connectivity index (χ1n) is 25.9. The van der Waals surface area contributed by atoms with Gasteiger partial charge in [-0.3, -0.25) is 0 Å². The summed E-state index contributed by atoms with van der Waals surface area (Å²) in [7, 11) is 2.83. The maximum absolute atomic E-state index is 14.5. The summed E-state index contributed by atoms with van der Waals surface area (Å²) in [5.74, 6) is -9.66. The van der Waals surface area contributed by atoms with Gasteiger partial charge < -0.3 is 34.9 Å². The molecule has 0 aliphatic rings. The number of esters is 3. The van der Waals surface area contributed by atoms with E-state index in [2.05, 4.69) is 80.1 Å². The van der Waals surface area contributed by atoms with Crippen LogP contribution in [0.5, 0.6) is 5.75 Å². The second kappa shape index (κ2) is 30.3. The Kier molecular flexibility index (Phi) is 24.1. The van der Waals surface area contributed by atoms with E-state index in [0.717, 1.165) is 72.1 Å². The molecule has 3 atom stereocenters. The zero-order valence-electron chi connectivity index (χ0n) is 48.6. The van der Waals surface area contributed by atoms with Gasteiger partial charge in [0.1, 0.15) is 53.8 Å². The van der Waals surface area contributed by atoms with Crippen molar-refractivity contribution in [1.29, 1.82) is 0 Å². The molecule has 0 saturated heterocycles. The van der Waals surface area contributed by atoms with Gasteiger partial charge >= 0.3 is 55.2 Å². The predicted octanol–water partition coefficient (Wildman–Crippen LogP) is 13.3. The highest BCUT2D eigenvalue weighted by Crippen LogP contribution is 2.39. The van der Waals surface area contributed by atoms with Gasteiger partial charge in [-0.1, -0.05) is 51.4 Å². The summed E-state index contributed by atoms with van der Waals surface area (Å²) < 4.78 is 281. The zero-order valence-corrected chi connectivity index (χ0v) is 49.3. The lowest BCUT2D eigenvalue weighted by molar-refractivity contribution is -0.274. The topological polar surface area (TPSA) is 253 Å². The quantitative estimate of drug-likeness (QED) is 0.0551. The number of methoxy groups -OCH3 is 3. The summed E-state index contributed by atoms with van der Waals surface area (Å²) in [6.45, 7) is 8.00. The monoisotopic (exact) mass is 1400 g/mol. The second-order valence-electron chi connectivity index (χ2n) is 17.5. The number of hydrogen-bond acceptors (Lipinski definition) is 19. The molecule has 0 bridgehead atoms. The lowest BCUT2D eigenvalue weighted by Gasteiger charge is -2.21. The van der Waals surface area contributed by atoms with E-state index in [4.69, 9.17) is 11.6 Å². The SMILES string of the molecule is CC.CC.COC(=O)C(Nc1cc(C(F)(F)F)nc2ncnn12)c1ccc(C(F)(F)F)cc1Cl.COC(=O)C(Nc1cc(C(F)(F)F)nc2ncnn12)c1ccc(C(F)(F)F)cc1F.COC(=O)C(Nc1cc(C(F)(F)F)nc2ncnn12)c1ccc(OC(F)(F)F)cc1F. The van der Waals surface area contributed by atoms with E-state index in [0.29, 0.717) is 48.5 Å².